The maximum atomic E-state index is 6.47. The van der Waals surface area contributed by atoms with Crippen molar-refractivity contribution in [3.05, 3.63) is 158 Å². The van der Waals surface area contributed by atoms with Crippen LogP contribution >= 0.6 is 0 Å². The van der Waals surface area contributed by atoms with Crippen molar-refractivity contribution < 1.29 is 4.74 Å². The number of hydrogen-bond donors (Lipinski definition) is 0. The quantitative estimate of drug-likeness (QED) is 0.148. The van der Waals surface area contributed by atoms with Crippen LogP contribution in [-0.2, 0) is 0 Å². The molecule has 1 nitrogen and oxygen atoms in total. The van der Waals surface area contributed by atoms with Crippen LogP contribution in [0, 0.1) is 0 Å². The Morgan fingerprint density at radius 2 is 0.889 bits per heavy atom. The molecule has 0 N–H and O–H groups in total. The number of hydrogen-bond acceptors (Lipinski definition) is 1. The zero-order chi connectivity index (χ0) is 29.5. The second-order valence-electron chi connectivity index (χ2n) is 12.0. The number of ether oxygens (including phenoxy) is 1. The van der Waals surface area contributed by atoms with Crippen molar-refractivity contribution in [1.29, 1.82) is 0 Å². The Labute approximate surface area is 260 Å². The first kappa shape index (κ1) is 24.5. The first-order valence-corrected chi connectivity index (χ1v) is 15.5. The molecule has 0 bridgehead atoms. The van der Waals surface area contributed by atoms with Crippen molar-refractivity contribution in [1.82, 2.24) is 0 Å². The molecule has 1 aliphatic rings. The van der Waals surface area contributed by atoms with E-state index in [2.05, 4.69) is 158 Å². The molecule has 0 unspecified atom stereocenters. The van der Waals surface area contributed by atoms with Crippen molar-refractivity contribution in [2.75, 3.05) is 0 Å². The molecule has 0 saturated carbocycles. The Bertz CT molecular complexity index is 2620. The number of benzene rings is 9. The molecular weight excluding hydrogens is 544 g/mol. The van der Waals surface area contributed by atoms with Crippen molar-refractivity contribution in [2.24, 2.45) is 0 Å². The van der Waals surface area contributed by atoms with E-state index in [1.807, 2.05) is 0 Å². The second-order valence-corrected chi connectivity index (χ2v) is 12.0. The van der Waals surface area contributed by atoms with E-state index in [0.29, 0.717) is 0 Å². The van der Waals surface area contributed by atoms with E-state index < -0.39 is 0 Å². The van der Waals surface area contributed by atoms with Crippen LogP contribution < -0.4 is 4.74 Å². The van der Waals surface area contributed by atoms with Crippen molar-refractivity contribution >= 4 is 53.9 Å². The Balaban J connectivity index is 1.31. The van der Waals surface area contributed by atoms with Gasteiger partial charge in [-0.15, -0.1) is 0 Å². The van der Waals surface area contributed by atoms with E-state index in [0.717, 1.165) is 17.1 Å². The minimum Gasteiger partial charge on any atom is -0.456 e. The van der Waals surface area contributed by atoms with Crippen LogP contribution in [0.4, 0.5) is 0 Å². The van der Waals surface area contributed by atoms with Gasteiger partial charge in [0.25, 0.3) is 0 Å². The molecule has 1 heterocycles. The van der Waals surface area contributed by atoms with E-state index >= 15 is 0 Å². The van der Waals surface area contributed by atoms with Crippen LogP contribution in [0.1, 0.15) is 0 Å². The maximum absolute atomic E-state index is 6.47. The van der Waals surface area contributed by atoms with Gasteiger partial charge in [-0.3, -0.25) is 0 Å². The van der Waals surface area contributed by atoms with E-state index in [1.165, 1.54) is 81.7 Å². The molecule has 1 aliphatic heterocycles. The molecular formula is C44H26O. The summed E-state index contributed by atoms with van der Waals surface area (Å²) in [5.41, 5.74) is 7.35. The highest BCUT2D eigenvalue weighted by atomic mass is 16.5. The molecule has 45 heavy (non-hydrogen) atoms. The molecule has 0 radical (unpaired) electrons. The fourth-order valence-corrected chi connectivity index (χ4v) is 7.71. The minimum atomic E-state index is 0.901. The SMILES string of the molecule is c1cc2c3c(cccc3c1)-c1cc(-c3c4ccccc4c(-c4cc5ccccc5c5ccccc45)c4ccccc34)ccc1O2. The third kappa shape index (κ3) is 3.50. The largest absolute Gasteiger partial charge is 0.456 e. The Morgan fingerprint density at radius 3 is 1.62 bits per heavy atom. The van der Waals surface area contributed by atoms with Gasteiger partial charge in [-0.05, 0) is 101 Å². The lowest BCUT2D eigenvalue weighted by molar-refractivity contribution is 0.487. The van der Waals surface area contributed by atoms with E-state index in [4.69, 9.17) is 4.74 Å². The van der Waals surface area contributed by atoms with E-state index in [-0.39, 0.29) is 0 Å². The normalized spacial score (nSPS) is 12.2. The van der Waals surface area contributed by atoms with E-state index in [9.17, 15) is 0 Å². The highest BCUT2D eigenvalue weighted by Gasteiger charge is 2.23. The molecule has 0 aliphatic carbocycles. The summed E-state index contributed by atoms with van der Waals surface area (Å²) >= 11 is 0. The third-order valence-electron chi connectivity index (χ3n) is 9.61. The molecule has 0 amide bonds. The monoisotopic (exact) mass is 570 g/mol. The highest BCUT2D eigenvalue weighted by molar-refractivity contribution is 6.26. The average molecular weight is 571 g/mol. The predicted octanol–water partition coefficient (Wildman–Crippen LogP) is 12.6. The Hall–Kier alpha value is -5.92. The van der Waals surface area contributed by atoms with Gasteiger partial charge in [-0.2, -0.15) is 0 Å². The van der Waals surface area contributed by atoms with Gasteiger partial charge in [0.15, 0.2) is 0 Å². The summed E-state index contributed by atoms with van der Waals surface area (Å²) < 4.78 is 6.47. The standard InChI is InChI=1S/C44H26O/c1-2-14-30-28(11-1)25-39(32-16-4-3-15-31(30)32)44-35-19-7-5-17-33(35)42(34-18-6-8-20-36(34)44)29-23-24-40-38(26-29)37-21-9-12-27-13-10-22-41(45-40)43(27)37/h1-26H. The summed E-state index contributed by atoms with van der Waals surface area (Å²) in [6.45, 7) is 0. The van der Waals surface area contributed by atoms with Crippen LogP contribution in [0.25, 0.3) is 87.2 Å². The van der Waals surface area contributed by atoms with Gasteiger partial charge in [0.05, 0.1) is 0 Å². The van der Waals surface area contributed by atoms with Gasteiger partial charge in [0.2, 0.25) is 0 Å². The highest BCUT2D eigenvalue weighted by Crippen LogP contribution is 2.50. The molecule has 1 heteroatoms. The van der Waals surface area contributed by atoms with E-state index in [1.54, 1.807) is 0 Å². The van der Waals surface area contributed by atoms with Crippen molar-refractivity contribution in [3.8, 4) is 44.9 Å². The number of rotatable bonds is 2. The van der Waals surface area contributed by atoms with Crippen molar-refractivity contribution in [2.45, 2.75) is 0 Å². The minimum absolute atomic E-state index is 0.901. The summed E-state index contributed by atoms with van der Waals surface area (Å²) in [6.07, 6.45) is 0. The summed E-state index contributed by atoms with van der Waals surface area (Å²) in [5, 5.41) is 12.5. The van der Waals surface area contributed by atoms with Gasteiger partial charge in [0.1, 0.15) is 11.5 Å². The van der Waals surface area contributed by atoms with Gasteiger partial charge in [-0.25, -0.2) is 0 Å². The lowest BCUT2D eigenvalue weighted by Gasteiger charge is -2.23. The van der Waals surface area contributed by atoms with Crippen LogP contribution in [-0.4, -0.2) is 0 Å². The first-order valence-electron chi connectivity index (χ1n) is 15.5. The summed E-state index contributed by atoms with van der Waals surface area (Å²) in [6, 6.07) is 57.4. The van der Waals surface area contributed by atoms with Gasteiger partial charge >= 0.3 is 0 Å². The Morgan fingerprint density at radius 1 is 0.311 bits per heavy atom. The molecule has 208 valence electrons. The van der Waals surface area contributed by atoms with Gasteiger partial charge in [0, 0.05) is 10.9 Å². The second kappa shape index (κ2) is 9.29. The summed E-state index contributed by atoms with van der Waals surface area (Å²) in [7, 11) is 0. The summed E-state index contributed by atoms with van der Waals surface area (Å²) in [4.78, 5) is 0. The Kier molecular flexibility index (Phi) is 5.06. The first-order chi connectivity index (χ1) is 22.3. The molecule has 0 saturated heterocycles. The fraction of sp³-hybridized carbons (Fsp3) is 0. The van der Waals surface area contributed by atoms with Crippen molar-refractivity contribution in [3.63, 3.8) is 0 Å². The lowest BCUT2D eigenvalue weighted by atomic mass is 9.83. The lowest BCUT2D eigenvalue weighted by Crippen LogP contribution is -1.98. The zero-order valence-corrected chi connectivity index (χ0v) is 24.4. The molecule has 0 aromatic heterocycles. The molecule has 0 atom stereocenters. The summed E-state index contributed by atoms with van der Waals surface area (Å²) in [5.74, 6) is 1.82. The third-order valence-corrected chi connectivity index (χ3v) is 9.61. The maximum Gasteiger partial charge on any atom is 0.135 e. The van der Waals surface area contributed by atoms with Crippen LogP contribution in [0.3, 0.4) is 0 Å². The molecule has 9 aromatic carbocycles. The molecule has 0 spiro atoms. The van der Waals surface area contributed by atoms with Gasteiger partial charge in [-0.1, -0.05) is 133 Å². The molecule has 0 fully saturated rings. The van der Waals surface area contributed by atoms with Crippen LogP contribution in [0.5, 0.6) is 11.5 Å². The predicted molar refractivity (Wildman–Crippen MR) is 190 cm³/mol. The van der Waals surface area contributed by atoms with Crippen LogP contribution in [0.2, 0.25) is 0 Å². The molecule has 10 rings (SSSR count). The average Bonchev–Trinajstić information content (AvgIpc) is 3.10. The topological polar surface area (TPSA) is 9.23 Å². The zero-order valence-electron chi connectivity index (χ0n) is 24.4. The fourth-order valence-electron chi connectivity index (χ4n) is 7.71. The smallest absolute Gasteiger partial charge is 0.135 e. The molecule has 9 aromatic rings. The van der Waals surface area contributed by atoms with Crippen LogP contribution in [0.15, 0.2) is 158 Å². The number of fused-ring (bicyclic) bond motifs is 7. The van der Waals surface area contributed by atoms with Gasteiger partial charge < -0.3 is 4.74 Å².